The van der Waals surface area contributed by atoms with Crippen molar-refractivity contribution in [1.82, 2.24) is 0 Å². The normalized spacial score (nSPS) is 10.4. The maximum Gasteiger partial charge on any atom is 0.234 e. The zero-order chi connectivity index (χ0) is 15.4. The average molecular weight is 321 g/mol. The van der Waals surface area contributed by atoms with E-state index in [2.05, 4.69) is 5.32 Å². The Bertz CT molecular complexity index is 653. The first-order valence-electron chi connectivity index (χ1n) is 6.51. The summed E-state index contributed by atoms with van der Waals surface area (Å²) in [4.78, 5) is 12.9. The Morgan fingerprint density at radius 1 is 1.24 bits per heavy atom. The van der Waals surface area contributed by atoms with Gasteiger partial charge in [-0.3, -0.25) is 4.79 Å². The molecule has 0 heterocycles. The third-order valence-electron chi connectivity index (χ3n) is 3.08. The van der Waals surface area contributed by atoms with Crippen molar-refractivity contribution in [2.75, 3.05) is 16.8 Å². The monoisotopic (exact) mass is 320 g/mol. The Morgan fingerprint density at radius 3 is 2.52 bits per heavy atom. The SMILES string of the molecule is Cc1cccc(C)c1NC(=O)CSc1ccc(Cl)cc1N. The number of carbonyl (C=O) groups is 1. The van der Waals surface area contributed by atoms with Crippen LogP contribution < -0.4 is 11.1 Å². The summed E-state index contributed by atoms with van der Waals surface area (Å²) in [5, 5.41) is 3.55. The number of anilines is 2. The first-order valence-corrected chi connectivity index (χ1v) is 7.87. The zero-order valence-electron chi connectivity index (χ0n) is 11.9. The van der Waals surface area contributed by atoms with Gasteiger partial charge in [0.25, 0.3) is 0 Å². The minimum atomic E-state index is -0.0493. The molecule has 1 amide bonds. The van der Waals surface area contributed by atoms with Crippen LogP contribution in [0, 0.1) is 13.8 Å². The van der Waals surface area contributed by atoms with Crippen LogP contribution in [0.25, 0.3) is 0 Å². The summed E-state index contributed by atoms with van der Waals surface area (Å²) in [5.74, 6) is 0.256. The summed E-state index contributed by atoms with van der Waals surface area (Å²) in [5.41, 5.74) is 9.45. The van der Waals surface area contributed by atoms with Gasteiger partial charge in [0.15, 0.2) is 0 Å². The van der Waals surface area contributed by atoms with E-state index in [0.717, 1.165) is 21.7 Å². The Kier molecular flexibility index (Phi) is 5.15. The molecule has 0 bridgehead atoms. The predicted molar refractivity (Wildman–Crippen MR) is 91.1 cm³/mol. The van der Waals surface area contributed by atoms with Crippen LogP contribution in [-0.2, 0) is 4.79 Å². The fraction of sp³-hybridized carbons (Fsp3) is 0.188. The number of para-hydroxylation sites is 1. The molecule has 0 saturated heterocycles. The maximum absolute atomic E-state index is 12.1. The number of thioether (sulfide) groups is 1. The molecule has 0 saturated carbocycles. The lowest BCUT2D eigenvalue weighted by molar-refractivity contribution is -0.113. The summed E-state index contributed by atoms with van der Waals surface area (Å²) in [7, 11) is 0. The smallest absolute Gasteiger partial charge is 0.234 e. The molecule has 0 fully saturated rings. The molecule has 5 heteroatoms. The van der Waals surface area contributed by atoms with Gasteiger partial charge in [-0.05, 0) is 43.2 Å². The number of aryl methyl sites for hydroxylation is 2. The van der Waals surface area contributed by atoms with Gasteiger partial charge in [-0.1, -0.05) is 29.8 Å². The van der Waals surface area contributed by atoms with Gasteiger partial charge in [0, 0.05) is 21.3 Å². The van der Waals surface area contributed by atoms with Crippen LogP contribution in [0.15, 0.2) is 41.3 Å². The molecule has 2 rings (SSSR count). The molecule has 21 heavy (non-hydrogen) atoms. The highest BCUT2D eigenvalue weighted by Gasteiger charge is 2.09. The van der Waals surface area contributed by atoms with Gasteiger partial charge in [-0.25, -0.2) is 0 Å². The minimum Gasteiger partial charge on any atom is -0.398 e. The van der Waals surface area contributed by atoms with E-state index in [-0.39, 0.29) is 5.91 Å². The Balaban J connectivity index is 1.99. The number of rotatable bonds is 4. The van der Waals surface area contributed by atoms with E-state index < -0.39 is 0 Å². The zero-order valence-corrected chi connectivity index (χ0v) is 13.5. The fourth-order valence-electron chi connectivity index (χ4n) is 1.98. The number of nitrogens with one attached hydrogen (secondary N) is 1. The second-order valence-electron chi connectivity index (χ2n) is 4.79. The van der Waals surface area contributed by atoms with Gasteiger partial charge in [0.1, 0.15) is 0 Å². The van der Waals surface area contributed by atoms with Crippen molar-refractivity contribution in [2.45, 2.75) is 18.7 Å². The number of amides is 1. The lowest BCUT2D eigenvalue weighted by atomic mass is 10.1. The Hall–Kier alpha value is -1.65. The second kappa shape index (κ2) is 6.87. The van der Waals surface area contributed by atoms with Crippen LogP contribution in [0.3, 0.4) is 0 Å². The van der Waals surface area contributed by atoms with Gasteiger partial charge in [-0.15, -0.1) is 11.8 Å². The molecule has 0 unspecified atom stereocenters. The largest absolute Gasteiger partial charge is 0.398 e. The number of halogens is 1. The standard InChI is InChI=1S/C16H17ClN2OS/c1-10-4-3-5-11(2)16(10)19-15(20)9-21-14-7-6-12(17)8-13(14)18/h3-8H,9,18H2,1-2H3,(H,19,20). The first kappa shape index (κ1) is 15.7. The van der Waals surface area contributed by atoms with Crippen LogP contribution in [0.2, 0.25) is 5.02 Å². The van der Waals surface area contributed by atoms with Crippen molar-refractivity contribution >= 4 is 40.6 Å². The van der Waals surface area contributed by atoms with Gasteiger partial charge < -0.3 is 11.1 Å². The molecule has 0 aliphatic carbocycles. The summed E-state index contributed by atoms with van der Waals surface area (Å²) in [6.07, 6.45) is 0. The van der Waals surface area contributed by atoms with Crippen molar-refractivity contribution in [3.63, 3.8) is 0 Å². The molecule has 3 nitrogen and oxygen atoms in total. The van der Waals surface area contributed by atoms with Crippen molar-refractivity contribution in [3.05, 3.63) is 52.5 Å². The number of hydrogen-bond acceptors (Lipinski definition) is 3. The highest BCUT2D eigenvalue weighted by molar-refractivity contribution is 8.00. The molecule has 0 radical (unpaired) electrons. The number of nitrogen functional groups attached to an aromatic ring is 1. The van der Waals surface area contributed by atoms with E-state index >= 15 is 0 Å². The maximum atomic E-state index is 12.1. The van der Waals surface area contributed by atoms with Gasteiger partial charge in [-0.2, -0.15) is 0 Å². The summed E-state index contributed by atoms with van der Waals surface area (Å²) < 4.78 is 0. The number of nitrogens with two attached hydrogens (primary N) is 1. The number of benzene rings is 2. The molecule has 0 spiro atoms. The highest BCUT2D eigenvalue weighted by Crippen LogP contribution is 2.28. The molecule has 3 N–H and O–H groups in total. The quantitative estimate of drug-likeness (QED) is 0.653. The highest BCUT2D eigenvalue weighted by atomic mass is 35.5. The topological polar surface area (TPSA) is 55.1 Å². The summed E-state index contributed by atoms with van der Waals surface area (Å²) in [6, 6.07) is 11.2. The minimum absolute atomic E-state index is 0.0493. The number of hydrogen-bond donors (Lipinski definition) is 2. The molecular weight excluding hydrogens is 304 g/mol. The summed E-state index contributed by atoms with van der Waals surface area (Å²) >= 11 is 7.25. The van der Waals surface area contributed by atoms with E-state index in [4.69, 9.17) is 17.3 Å². The fourth-order valence-corrected chi connectivity index (χ4v) is 2.91. The third kappa shape index (κ3) is 4.16. The Morgan fingerprint density at radius 2 is 1.90 bits per heavy atom. The molecule has 0 aliphatic rings. The van der Waals surface area contributed by atoms with Crippen molar-refractivity contribution in [1.29, 1.82) is 0 Å². The van der Waals surface area contributed by atoms with Crippen LogP contribution in [0.1, 0.15) is 11.1 Å². The molecule has 110 valence electrons. The van der Waals surface area contributed by atoms with E-state index in [1.165, 1.54) is 11.8 Å². The van der Waals surface area contributed by atoms with E-state index in [1.54, 1.807) is 12.1 Å². The molecule has 0 aliphatic heterocycles. The van der Waals surface area contributed by atoms with E-state index in [1.807, 2.05) is 38.1 Å². The summed E-state index contributed by atoms with van der Waals surface area (Å²) in [6.45, 7) is 3.96. The van der Waals surface area contributed by atoms with Crippen molar-refractivity contribution in [2.24, 2.45) is 0 Å². The molecular formula is C16H17ClN2OS. The number of carbonyl (C=O) groups excluding carboxylic acids is 1. The molecule has 2 aromatic carbocycles. The van der Waals surface area contributed by atoms with Crippen LogP contribution in [0.4, 0.5) is 11.4 Å². The van der Waals surface area contributed by atoms with Crippen LogP contribution in [0.5, 0.6) is 0 Å². The first-order chi connectivity index (χ1) is 9.97. The predicted octanol–water partition coefficient (Wildman–Crippen LogP) is 4.27. The van der Waals surface area contributed by atoms with Gasteiger partial charge in [0.05, 0.1) is 5.75 Å². The van der Waals surface area contributed by atoms with E-state index in [0.29, 0.717) is 16.5 Å². The molecule has 0 aromatic heterocycles. The van der Waals surface area contributed by atoms with Gasteiger partial charge in [0.2, 0.25) is 5.91 Å². The van der Waals surface area contributed by atoms with E-state index in [9.17, 15) is 4.79 Å². The molecule has 2 aromatic rings. The second-order valence-corrected chi connectivity index (χ2v) is 6.24. The lowest BCUT2D eigenvalue weighted by Crippen LogP contribution is -2.15. The van der Waals surface area contributed by atoms with Crippen molar-refractivity contribution in [3.8, 4) is 0 Å². The van der Waals surface area contributed by atoms with Crippen molar-refractivity contribution < 1.29 is 4.79 Å². The van der Waals surface area contributed by atoms with Crippen LogP contribution in [-0.4, -0.2) is 11.7 Å². The van der Waals surface area contributed by atoms with Crippen LogP contribution >= 0.6 is 23.4 Å². The molecule has 0 atom stereocenters. The third-order valence-corrected chi connectivity index (χ3v) is 4.40. The van der Waals surface area contributed by atoms with Gasteiger partial charge >= 0.3 is 0 Å². The average Bonchev–Trinajstić information content (AvgIpc) is 2.42. The Labute approximate surface area is 133 Å². The lowest BCUT2D eigenvalue weighted by Gasteiger charge is -2.11.